The molecule has 32 heavy (non-hydrogen) atoms. The van der Waals surface area contributed by atoms with Gasteiger partial charge >= 0.3 is 6.09 Å². The van der Waals surface area contributed by atoms with Crippen LogP contribution in [0.25, 0.3) is 0 Å². The molecular formula is C26H41N3O3. The maximum absolute atomic E-state index is 13.3. The zero-order valence-electron chi connectivity index (χ0n) is 20.3. The second-order valence-electron chi connectivity index (χ2n) is 10.0. The lowest BCUT2D eigenvalue weighted by Crippen LogP contribution is -2.52. The van der Waals surface area contributed by atoms with E-state index in [0.717, 1.165) is 45.3 Å². The number of unbranched alkanes of at least 4 members (excludes halogenated alkanes) is 1. The number of amides is 2. The smallest absolute Gasteiger partial charge is 0.410 e. The number of carbonyl (C=O) groups is 2. The molecule has 6 heteroatoms. The number of hydrogen-bond donors (Lipinski definition) is 1. The molecule has 0 unspecified atom stereocenters. The van der Waals surface area contributed by atoms with E-state index >= 15 is 0 Å². The highest BCUT2D eigenvalue weighted by molar-refractivity contribution is 5.85. The van der Waals surface area contributed by atoms with Crippen LogP contribution < -0.4 is 5.32 Å². The number of fused-ring (bicyclic) bond motifs is 1. The SMILES string of the molecule is CCCCOC(=O)N(C)[C@@H](CC(C)C)C(=O)N[C@H]1CC[C@@H]2CN(Cc3ccccc3)C[C@@H]21. The summed E-state index contributed by atoms with van der Waals surface area (Å²) < 4.78 is 5.37. The number of nitrogens with zero attached hydrogens (tertiary/aromatic N) is 2. The molecule has 6 nitrogen and oxygen atoms in total. The van der Waals surface area contributed by atoms with Crippen LogP contribution in [0.5, 0.6) is 0 Å². The zero-order chi connectivity index (χ0) is 23.1. The maximum Gasteiger partial charge on any atom is 0.410 e. The van der Waals surface area contributed by atoms with Crippen molar-refractivity contribution >= 4 is 12.0 Å². The lowest BCUT2D eigenvalue weighted by molar-refractivity contribution is -0.127. The van der Waals surface area contributed by atoms with Crippen LogP contribution in [0.2, 0.25) is 0 Å². The van der Waals surface area contributed by atoms with Gasteiger partial charge in [-0.3, -0.25) is 14.6 Å². The zero-order valence-corrected chi connectivity index (χ0v) is 20.3. The summed E-state index contributed by atoms with van der Waals surface area (Å²) in [5, 5.41) is 3.33. The van der Waals surface area contributed by atoms with Crippen LogP contribution in [0.1, 0.15) is 58.4 Å². The summed E-state index contributed by atoms with van der Waals surface area (Å²) >= 11 is 0. The van der Waals surface area contributed by atoms with E-state index < -0.39 is 12.1 Å². The summed E-state index contributed by atoms with van der Waals surface area (Å²) in [5.41, 5.74) is 1.34. The van der Waals surface area contributed by atoms with Gasteiger partial charge in [-0.25, -0.2) is 4.79 Å². The van der Waals surface area contributed by atoms with Gasteiger partial charge < -0.3 is 10.1 Å². The van der Waals surface area contributed by atoms with Crippen molar-refractivity contribution in [2.24, 2.45) is 17.8 Å². The summed E-state index contributed by atoms with van der Waals surface area (Å²) in [6.07, 6.45) is 4.22. The molecule has 2 aliphatic rings. The van der Waals surface area contributed by atoms with Crippen molar-refractivity contribution in [1.82, 2.24) is 15.1 Å². The maximum atomic E-state index is 13.3. The predicted octanol–water partition coefficient (Wildman–Crippen LogP) is 4.30. The van der Waals surface area contributed by atoms with Gasteiger partial charge in [-0.1, -0.05) is 57.5 Å². The topological polar surface area (TPSA) is 61.9 Å². The number of rotatable bonds is 10. The first kappa shape index (κ1) is 24.6. The Morgan fingerprint density at radius 3 is 2.62 bits per heavy atom. The molecule has 4 atom stereocenters. The number of likely N-dealkylation sites (tertiary alicyclic amines) is 1. The van der Waals surface area contributed by atoms with Crippen LogP contribution in [0.3, 0.4) is 0 Å². The number of carbonyl (C=O) groups excluding carboxylic acids is 2. The van der Waals surface area contributed by atoms with Gasteiger partial charge in [0, 0.05) is 32.7 Å². The average Bonchev–Trinajstić information content (AvgIpc) is 3.33. The minimum Gasteiger partial charge on any atom is -0.449 e. The number of nitrogens with one attached hydrogen (secondary N) is 1. The third-order valence-electron chi connectivity index (χ3n) is 6.99. The molecule has 0 bridgehead atoms. The molecule has 3 rings (SSSR count). The van der Waals surface area contributed by atoms with Crippen molar-refractivity contribution in [3.05, 3.63) is 35.9 Å². The van der Waals surface area contributed by atoms with Crippen LogP contribution in [0.15, 0.2) is 30.3 Å². The first-order valence-electron chi connectivity index (χ1n) is 12.3. The summed E-state index contributed by atoms with van der Waals surface area (Å²) in [6, 6.07) is 10.3. The lowest BCUT2D eigenvalue weighted by Gasteiger charge is -2.30. The fourth-order valence-electron chi connectivity index (χ4n) is 5.21. The summed E-state index contributed by atoms with van der Waals surface area (Å²) in [6.45, 7) is 9.72. The van der Waals surface area contributed by atoms with Crippen molar-refractivity contribution in [3.63, 3.8) is 0 Å². The van der Waals surface area contributed by atoms with Crippen LogP contribution in [-0.4, -0.2) is 60.6 Å². The Hall–Kier alpha value is -2.08. The molecule has 1 aliphatic heterocycles. The lowest BCUT2D eigenvalue weighted by atomic mass is 9.96. The molecule has 0 spiro atoms. The molecule has 0 aromatic heterocycles. The number of likely N-dealkylation sites (N-methyl/N-ethyl adjacent to an activating group) is 1. The molecule has 1 aromatic carbocycles. The minimum atomic E-state index is -0.495. The van der Waals surface area contributed by atoms with Gasteiger partial charge in [0.1, 0.15) is 6.04 Å². The normalized spacial score (nSPS) is 23.7. The quantitative estimate of drug-likeness (QED) is 0.548. The Balaban J connectivity index is 1.57. The van der Waals surface area contributed by atoms with E-state index in [1.807, 2.05) is 0 Å². The molecule has 0 radical (unpaired) electrons. The first-order valence-corrected chi connectivity index (χ1v) is 12.3. The van der Waals surface area contributed by atoms with E-state index in [-0.39, 0.29) is 11.9 Å². The molecule has 2 amide bonds. The number of hydrogen-bond acceptors (Lipinski definition) is 4. The second-order valence-corrected chi connectivity index (χ2v) is 10.0. The molecule has 178 valence electrons. The average molecular weight is 444 g/mol. The van der Waals surface area contributed by atoms with Gasteiger partial charge in [0.15, 0.2) is 0 Å². The van der Waals surface area contributed by atoms with Gasteiger partial charge in [-0.05, 0) is 49.0 Å². The molecular weight excluding hydrogens is 402 g/mol. The van der Waals surface area contributed by atoms with Gasteiger partial charge in [0.2, 0.25) is 5.91 Å². The Labute approximate surface area is 193 Å². The van der Waals surface area contributed by atoms with E-state index in [4.69, 9.17) is 4.74 Å². The van der Waals surface area contributed by atoms with Gasteiger partial charge in [0.05, 0.1) is 6.61 Å². The van der Waals surface area contributed by atoms with E-state index in [1.165, 1.54) is 10.5 Å². The third kappa shape index (κ3) is 6.47. The van der Waals surface area contributed by atoms with Gasteiger partial charge in [0.25, 0.3) is 0 Å². The fraction of sp³-hybridized carbons (Fsp3) is 0.692. The van der Waals surface area contributed by atoms with Crippen molar-refractivity contribution < 1.29 is 14.3 Å². The predicted molar refractivity (Wildman–Crippen MR) is 127 cm³/mol. The van der Waals surface area contributed by atoms with Crippen LogP contribution in [0, 0.1) is 17.8 Å². The van der Waals surface area contributed by atoms with Crippen molar-refractivity contribution in [2.75, 3.05) is 26.7 Å². The van der Waals surface area contributed by atoms with E-state index in [2.05, 4.69) is 61.3 Å². The minimum absolute atomic E-state index is 0.0409. The van der Waals surface area contributed by atoms with Gasteiger partial charge in [-0.2, -0.15) is 0 Å². The highest BCUT2D eigenvalue weighted by Gasteiger charge is 2.44. The molecule has 1 heterocycles. The Bertz CT molecular complexity index is 739. The summed E-state index contributed by atoms with van der Waals surface area (Å²) in [4.78, 5) is 29.8. The third-order valence-corrected chi connectivity index (χ3v) is 6.99. The molecule has 1 N–H and O–H groups in total. The highest BCUT2D eigenvalue weighted by Crippen LogP contribution is 2.38. The first-order chi connectivity index (χ1) is 15.4. The number of benzene rings is 1. The Morgan fingerprint density at radius 1 is 1.19 bits per heavy atom. The highest BCUT2D eigenvalue weighted by atomic mass is 16.6. The second kappa shape index (κ2) is 11.7. The Kier molecular flexibility index (Phi) is 8.97. The number of ether oxygens (including phenoxy) is 1. The van der Waals surface area contributed by atoms with Gasteiger partial charge in [-0.15, -0.1) is 0 Å². The molecule has 1 aromatic rings. The van der Waals surface area contributed by atoms with Crippen molar-refractivity contribution in [1.29, 1.82) is 0 Å². The van der Waals surface area contributed by atoms with E-state index in [9.17, 15) is 9.59 Å². The Morgan fingerprint density at radius 2 is 1.94 bits per heavy atom. The van der Waals surface area contributed by atoms with Crippen molar-refractivity contribution in [3.8, 4) is 0 Å². The van der Waals surface area contributed by atoms with E-state index in [1.54, 1.807) is 7.05 Å². The van der Waals surface area contributed by atoms with Crippen LogP contribution in [-0.2, 0) is 16.1 Å². The molecule has 1 saturated heterocycles. The summed E-state index contributed by atoms with van der Waals surface area (Å²) in [5.74, 6) is 1.40. The van der Waals surface area contributed by atoms with E-state index in [0.29, 0.717) is 30.8 Å². The molecule has 1 saturated carbocycles. The summed E-state index contributed by atoms with van der Waals surface area (Å²) in [7, 11) is 1.69. The fourth-order valence-corrected chi connectivity index (χ4v) is 5.21. The molecule has 1 aliphatic carbocycles. The van der Waals surface area contributed by atoms with Crippen molar-refractivity contribution in [2.45, 2.75) is 71.5 Å². The molecule has 2 fully saturated rings. The monoisotopic (exact) mass is 443 g/mol. The largest absolute Gasteiger partial charge is 0.449 e. The van der Waals surface area contributed by atoms with Crippen LogP contribution in [0.4, 0.5) is 4.79 Å². The standard InChI is InChI=1S/C26H41N3O3/c1-5-6-14-32-26(31)28(4)24(15-19(2)3)25(30)27-23-13-12-21-17-29(18-22(21)23)16-20-10-8-7-9-11-20/h7-11,19,21-24H,5-6,12-18H2,1-4H3,(H,27,30)/t21-,22+,23+,24+/m1/s1. The van der Waals surface area contributed by atoms with Crippen LogP contribution >= 0.6 is 0 Å².